The molecule has 0 saturated heterocycles. The zero-order valence-corrected chi connectivity index (χ0v) is 32.6. The monoisotopic (exact) mass is 690 g/mol. The van der Waals surface area contributed by atoms with Gasteiger partial charge >= 0.3 is 0 Å². The number of allylic oxidation sites excluding steroid dienone is 5. The second-order valence-electron chi connectivity index (χ2n) is 14.5. The van der Waals surface area contributed by atoms with Gasteiger partial charge in [0.15, 0.2) is 0 Å². The van der Waals surface area contributed by atoms with Crippen LogP contribution in [-0.4, -0.2) is 46.1 Å². The average molecular weight is 690 g/mol. The summed E-state index contributed by atoms with van der Waals surface area (Å²) >= 11 is 0. The highest BCUT2D eigenvalue weighted by molar-refractivity contribution is 5.80. The van der Waals surface area contributed by atoms with Gasteiger partial charge in [0.05, 0.1) is 18.8 Å². The fraction of sp³-hybridized carbons (Fsp3) is 0.841. The Morgan fingerprint density at radius 1 is 0.490 bits per heavy atom. The summed E-state index contributed by atoms with van der Waals surface area (Å²) in [6.07, 6.45) is 48.8. The molecular formula is C44H83NO4. The van der Waals surface area contributed by atoms with Crippen molar-refractivity contribution in [2.24, 2.45) is 0 Å². The van der Waals surface area contributed by atoms with Gasteiger partial charge in [-0.25, -0.2) is 0 Å². The highest BCUT2D eigenvalue weighted by Crippen LogP contribution is 2.15. The zero-order valence-electron chi connectivity index (χ0n) is 32.6. The van der Waals surface area contributed by atoms with E-state index in [1.165, 1.54) is 148 Å². The maximum absolute atomic E-state index is 12.4. The third kappa shape index (κ3) is 34.8. The van der Waals surface area contributed by atoms with E-state index in [0.29, 0.717) is 6.42 Å². The number of aliphatic hydroxyl groups is 3. The minimum atomic E-state index is -1.11. The van der Waals surface area contributed by atoms with E-state index in [0.717, 1.165) is 44.9 Å². The average Bonchev–Trinajstić information content (AvgIpc) is 3.11. The number of hydrogen-bond acceptors (Lipinski definition) is 4. The van der Waals surface area contributed by atoms with Crippen molar-refractivity contribution in [3.05, 3.63) is 36.5 Å². The fourth-order valence-corrected chi connectivity index (χ4v) is 6.33. The number of nitrogens with one attached hydrogen (secondary N) is 1. The zero-order chi connectivity index (χ0) is 35.9. The predicted molar refractivity (Wildman–Crippen MR) is 213 cm³/mol. The van der Waals surface area contributed by atoms with Crippen LogP contribution < -0.4 is 5.32 Å². The van der Waals surface area contributed by atoms with Crippen molar-refractivity contribution in [3.8, 4) is 0 Å². The molecule has 0 spiro atoms. The molecule has 5 nitrogen and oxygen atoms in total. The first kappa shape index (κ1) is 47.6. The third-order valence-electron chi connectivity index (χ3n) is 9.71. The molecular weight excluding hydrogens is 606 g/mol. The van der Waals surface area contributed by atoms with Crippen LogP contribution in [0.3, 0.4) is 0 Å². The SMILES string of the molecule is CCCCCCCC/C=C/CC/C=C/CC/C=C/C(O)C(CO)NC(=O)C(O)CCCCCCCCCCCCCCCCCCCCC. The van der Waals surface area contributed by atoms with Crippen molar-refractivity contribution in [3.63, 3.8) is 0 Å². The Morgan fingerprint density at radius 3 is 1.24 bits per heavy atom. The number of rotatable bonds is 38. The lowest BCUT2D eigenvalue weighted by atomic mass is 10.0. The molecule has 3 atom stereocenters. The summed E-state index contributed by atoms with van der Waals surface area (Å²) in [5.74, 6) is -0.516. The lowest BCUT2D eigenvalue weighted by Gasteiger charge is -2.21. The van der Waals surface area contributed by atoms with Crippen molar-refractivity contribution >= 4 is 5.91 Å². The molecule has 0 aliphatic rings. The van der Waals surface area contributed by atoms with Crippen LogP contribution in [0.5, 0.6) is 0 Å². The standard InChI is InChI=1S/C44H83NO4/c1-3-5-7-9-11-13-15-17-19-21-22-23-25-27-29-31-33-35-37-39-43(48)44(49)45-41(40-46)42(47)38-36-34-32-30-28-26-24-20-18-16-14-12-10-8-6-4-2/h18,20,28,30,36,38,41-43,46-48H,3-17,19,21-27,29,31-35,37,39-40H2,1-2H3,(H,45,49)/b20-18+,30-28+,38-36+. The van der Waals surface area contributed by atoms with Crippen LogP contribution in [0.2, 0.25) is 0 Å². The lowest BCUT2D eigenvalue weighted by molar-refractivity contribution is -0.131. The van der Waals surface area contributed by atoms with Gasteiger partial charge in [0.1, 0.15) is 6.10 Å². The number of aliphatic hydroxyl groups excluding tert-OH is 3. The quantitative estimate of drug-likeness (QED) is 0.0384. The molecule has 1 amide bonds. The van der Waals surface area contributed by atoms with E-state index in [4.69, 9.17) is 0 Å². The summed E-state index contributed by atoms with van der Waals surface area (Å²) < 4.78 is 0. The molecule has 0 bridgehead atoms. The number of hydrogen-bond donors (Lipinski definition) is 4. The molecule has 5 heteroatoms. The Labute approximate surface area is 304 Å². The molecule has 0 heterocycles. The summed E-state index contributed by atoms with van der Waals surface area (Å²) in [5.41, 5.74) is 0. The van der Waals surface area contributed by atoms with Gasteiger partial charge in [0.2, 0.25) is 5.91 Å². The number of unbranched alkanes of at least 4 members (excludes halogenated alkanes) is 26. The van der Waals surface area contributed by atoms with Crippen LogP contribution in [0.15, 0.2) is 36.5 Å². The van der Waals surface area contributed by atoms with Crippen LogP contribution in [0.1, 0.15) is 213 Å². The highest BCUT2D eigenvalue weighted by atomic mass is 16.3. The van der Waals surface area contributed by atoms with E-state index >= 15 is 0 Å². The molecule has 0 aliphatic heterocycles. The van der Waals surface area contributed by atoms with Crippen LogP contribution in [-0.2, 0) is 4.79 Å². The maximum atomic E-state index is 12.4. The predicted octanol–water partition coefficient (Wildman–Crippen LogP) is 12.0. The second-order valence-corrected chi connectivity index (χ2v) is 14.5. The van der Waals surface area contributed by atoms with Gasteiger partial charge in [0.25, 0.3) is 0 Å². The lowest BCUT2D eigenvalue weighted by Crippen LogP contribution is -2.48. The maximum Gasteiger partial charge on any atom is 0.249 e. The van der Waals surface area contributed by atoms with Crippen molar-refractivity contribution in [2.45, 2.75) is 231 Å². The first-order chi connectivity index (χ1) is 24.1. The minimum Gasteiger partial charge on any atom is -0.394 e. The molecule has 0 aromatic rings. The molecule has 288 valence electrons. The van der Waals surface area contributed by atoms with Crippen LogP contribution in [0.25, 0.3) is 0 Å². The van der Waals surface area contributed by atoms with Crippen molar-refractivity contribution in [1.82, 2.24) is 5.32 Å². The van der Waals surface area contributed by atoms with E-state index in [9.17, 15) is 20.1 Å². The van der Waals surface area contributed by atoms with Gasteiger partial charge in [-0.2, -0.15) is 0 Å². The molecule has 4 N–H and O–H groups in total. The molecule has 0 saturated carbocycles. The molecule has 3 unspecified atom stereocenters. The van der Waals surface area contributed by atoms with Gasteiger partial charge in [-0.05, 0) is 44.9 Å². The second kappa shape index (κ2) is 39.4. The fourth-order valence-electron chi connectivity index (χ4n) is 6.33. The Hall–Kier alpha value is -1.43. The normalized spacial score (nSPS) is 14.0. The van der Waals surface area contributed by atoms with Crippen molar-refractivity contribution in [1.29, 1.82) is 0 Å². The molecule has 0 fully saturated rings. The van der Waals surface area contributed by atoms with E-state index in [1.807, 2.05) is 6.08 Å². The Balaban J connectivity index is 3.73. The van der Waals surface area contributed by atoms with E-state index in [2.05, 4.69) is 43.5 Å². The van der Waals surface area contributed by atoms with E-state index < -0.39 is 24.2 Å². The van der Waals surface area contributed by atoms with Crippen molar-refractivity contribution in [2.75, 3.05) is 6.61 Å². The molecule has 0 aliphatic carbocycles. The largest absolute Gasteiger partial charge is 0.394 e. The Bertz CT molecular complexity index is 764. The topological polar surface area (TPSA) is 89.8 Å². The van der Waals surface area contributed by atoms with Crippen LogP contribution >= 0.6 is 0 Å². The van der Waals surface area contributed by atoms with Crippen molar-refractivity contribution < 1.29 is 20.1 Å². The summed E-state index contributed by atoms with van der Waals surface area (Å²) in [4.78, 5) is 12.4. The van der Waals surface area contributed by atoms with Gasteiger partial charge < -0.3 is 20.6 Å². The van der Waals surface area contributed by atoms with E-state index in [-0.39, 0.29) is 6.61 Å². The molecule has 0 radical (unpaired) electrons. The van der Waals surface area contributed by atoms with E-state index in [1.54, 1.807) is 6.08 Å². The smallest absolute Gasteiger partial charge is 0.249 e. The molecule has 0 aromatic carbocycles. The molecule has 49 heavy (non-hydrogen) atoms. The highest BCUT2D eigenvalue weighted by Gasteiger charge is 2.22. The third-order valence-corrected chi connectivity index (χ3v) is 9.71. The first-order valence-electron chi connectivity index (χ1n) is 21.3. The van der Waals surface area contributed by atoms with Crippen LogP contribution in [0, 0.1) is 0 Å². The molecule has 0 aromatic heterocycles. The van der Waals surface area contributed by atoms with Gasteiger partial charge in [-0.15, -0.1) is 0 Å². The summed E-state index contributed by atoms with van der Waals surface area (Å²) in [6, 6.07) is -0.817. The van der Waals surface area contributed by atoms with Gasteiger partial charge in [-0.3, -0.25) is 4.79 Å². The Kier molecular flexibility index (Phi) is 38.2. The summed E-state index contributed by atoms with van der Waals surface area (Å²) in [7, 11) is 0. The number of carbonyl (C=O) groups is 1. The number of amides is 1. The van der Waals surface area contributed by atoms with Gasteiger partial charge in [-0.1, -0.05) is 204 Å². The first-order valence-corrected chi connectivity index (χ1v) is 21.3. The summed E-state index contributed by atoms with van der Waals surface area (Å²) in [6.45, 7) is 4.16. The van der Waals surface area contributed by atoms with Gasteiger partial charge in [0, 0.05) is 0 Å². The number of carbonyl (C=O) groups excluding carboxylic acids is 1. The van der Waals surface area contributed by atoms with Crippen LogP contribution in [0.4, 0.5) is 0 Å². The minimum absolute atomic E-state index is 0.379. The molecule has 0 rings (SSSR count). The Morgan fingerprint density at radius 2 is 0.837 bits per heavy atom. The summed E-state index contributed by atoms with van der Waals surface area (Å²) in [5, 5.41) is 33.1.